The molecule has 0 amide bonds. The maximum atomic E-state index is 5.03. The Kier molecular flexibility index (Phi) is 118. The predicted octanol–water partition coefficient (Wildman–Crippen LogP) is 7.00. The van der Waals surface area contributed by atoms with Gasteiger partial charge in [-0.15, -0.1) is 0 Å². The fourth-order valence-electron chi connectivity index (χ4n) is 1.76. The van der Waals surface area contributed by atoms with Crippen molar-refractivity contribution < 1.29 is 0 Å². The monoisotopic (exact) mass is 609 g/mol. The number of hydrogen-bond donors (Lipinski definition) is 4. The van der Waals surface area contributed by atoms with Crippen molar-refractivity contribution >= 4 is 31.9 Å². The predicted molar refractivity (Wildman–Crippen MR) is 169 cm³/mol. The van der Waals surface area contributed by atoms with Gasteiger partial charge in [0.05, 0.1) is 0 Å². The highest BCUT2D eigenvalue weighted by Crippen LogP contribution is 1.94. The van der Waals surface area contributed by atoms with Crippen LogP contribution in [0, 0.1) is 0 Å². The molecule has 5 nitrogen and oxygen atoms in total. The largest absolute Gasteiger partial charge is 0.333 e. The fraction of sp³-hybridized carbons (Fsp3) is 1.00. The molecule has 0 aromatic heterocycles. The van der Waals surface area contributed by atoms with Gasteiger partial charge in [-0.2, -0.15) is 0 Å². The average molecular weight is 612 g/mol. The van der Waals surface area contributed by atoms with E-state index >= 15 is 0 Å². The Balaban J connectivity index is -0.0000000518. The van der Waals surface area contributed by atoms with E-state index in [0.29, 0.717) is 0 Å². The zero-order chi connectivity index (χ0) is 27.6. The molecule has 33 heavy (non-hydrogen) atoms. The number of alkyl halides is 2. The Morgan fingerprint density at radius 2 is 0.758 bits per heavy atom. The van der Waals surface area contributed by atoms with Crippen LogP contribution in [-0.4, -0.2) is 68.9 Å². The molecule has 0 aromatic rings. The third kappa shape index (κ3) is 110. The smallest absolute Gasteiger partial charge is 0.00286 e. The number of hydrogen-bond acceptors (Lipinski definition) is 5. The molecule has 0 unspecified atom stereocenters. The van der Waals surface area contributed by atoms with Gasteiger partial charge >= 0.3 is 0 Å². The van der Waals surface area contributed by atoms with E-state index in [1.54, 1.807) is 0 Å². The van der Waals surface area contributed by atoms with Gasteiger partial charge in [0, 0.05) is 10.7 Å². The van der Waals surface area contributed by atoms with Crippen LogP contribution < -0.4 is 22.5 Å². The van der Waals surface area contributed by atoms with E-state index in [0.717, 1.165) is 23.6 Å². The van der Waals surface area contributed by atoms with Crippen molar-refractivity contribution in [2.45, 2.75) is 107 Å². The fourth-order valence-corrected chi connectivity index (χ4v) is 1.76. The molecule has 0 radical (unpaired) electrons. The van der Waals surface area contributed by atoms with Crippen molar-refractivity contribution in [3.05, 3.63) is 0 Å². The van der Waals surface area contributed by atoms with Gasteiger partial charge in [-0.05, 0) is 105 Å². The number of nitrogens with one attached hydrogen (secondary N) is 1. The second-order valence-electron chi connectivity index (χ2n) is 6.76. The molecular formula is C26H69Br2N5. The lowest BCUT2D eigenvalue weighted by molar-refractivity contribution is 0.275. The maximum absolute atomic E-state index is 5.03. The SMILES string of the molecule is CCCBr.CCCBr.CCCN.CCCN(CCC)CCC.CCCNCCC.CN.CN. The molecule has 0 bridgehead atoms. The Morgan fingerprint density at radius 1 is 0.515 bits per heavy atom. The van der Waals surface area contributed by atoms with E-state index in [2.05, 4.69) is 109 Å². The van der Waals surface area contributed by atoms with Crippen LogP contribution in [0.15, 0.2) is 0 Å². The van der Waals surface area contributed by atoms with Crippen LogP contribution in [0.3, 0.4) is 0 Å². The van der Waals surface area contributed by atoms with Crippen molar-refractivity contribution in [3.63, 3.8) is 0 Å². The molecule has 7 N–H and O–H groups in total. The molecule has 0 spiro atoms. The molecule has 7 heteroatoms. The number of halogens is 2. The molecule has 0 aliphatic heterocycles. The Hall–Kier alpha value is 0.760. The summed E-state index contributed by atoms with van der Waals surface area (Å²) in [5.74, 6) is 0. The van der Waals surface area contributed by atoms with Crippen LogP contribution in [0.5, 0.6) is 0 Å². The van der Waals surface area contributed by atoms with Crippen LogP contribution in [0.25, 0.3) is 0 Å². The summed E-state index contributed by atoms with van der Waals surface area (Å²) in [4.78, 5) is 2.54. The molecule has 0 rings (SSSR count). The first-order valence-electron chi connectivity index (χ1n) is 13.4. The van der Waals surface area contributed by atoms with Gasteiger partial charge in [-0.1, -0.05) is 87.2 Å². The molecule has 212 valence electrons. The Labute approximate surface area is 229 Å². The molecule has 0 saturated heterocycles. The van der Waals surface area contributed by atoms with Gasteiger partial charge in [-0.3, -0.25) is 0 Å². The number of rotatable bonds is 13. The van der Waals surface area contributed by atoms with E-state index in [9.17, 15) is 0 Å². The molecule has 0 heterocycles. The topological polar surface area (TPSA) is 93.3 Å². The standard InChI is InChI=1S/C9H21N.C6H15N.2C3H7Br.C3H9N.2CH5N/c1-4-7-10(8-5-2)9-6-3;1-3-5-7-6-4-2;3*1-2-3-4;2*1-2/h4-9H2,1-3H3;7H,3-6H2,1-2H3;2*2-3H2,1H3;2-4H2,1H3;2*2H2,1H3. The van der Waals surface area contributed by atoms with E-state index < -0.39 is 0 Å². The highest BCUT2D eigenvalue weighted by atomic mass is 79.9. The third-order valence-corrected chi connectivity index (χ3v) is 4.73. The summed E-state index contributed by atoms with van der Waals surface area (Å²) >= 11 is 6.50. The summed E-state index contributed by atoms with van der Waals surface area (Å²) in [5.41, 5.74) is 14.0. The highest BCUT2D eigenvalue weighted by molar-refractivity contribution is 9.09. The van der Waals surface area contributed by atoms with E-state index in [-0.39, 0.29) is 0 Å². The zero-order valence-corrected chi connectivity index (χ0v) is 27.9. The van der Waals surface area contributed by atoms with Gasteiger partial charge in [0.15, 0.2) is 0 Å². The van der Waals surface area contributed by atoms with Crippen LogP contribution in [-0.2, 0) is 0 Å². The second-order valence-corrected chi connectivity index (χ2v) is 8.34. The molecular weight excluding hydrogens is 542 g/mol. The molecule has 0 fully saturated rings. The molecule has 0 atom stereocenters. The van der Waals surface area contributed by atoms with Crippen LogP contribution in [0.1, 0.15) is 107 Å². The van der Waals surface area contributed by atoms with Gasteiger partial charge in [0.2, 0.25) is 0 Å². The molecule has 0 aromatic carbocycles. The van der Waals surface area contributed by atoms with Gasteiger partial charge in [0.1, 0.15) is 0 Å². The normalized spacial score (nSPS) is 8.36. The molecule has 0 saturated carbocycles. The van der Waals surface area contributed by atoms with Crippen molar-refractivity contribution in [1.29, 1.82) is 0 Å². The van der Waals surface area contributed by atoms with Crippen molar-refractivity contribution in [1.82, 2.24) is 10.2 Å². The first-order chi connectivity index (χ1) is 16.0. The van der Waals surface area contributed by atoms with Gasteiger partial charge in [0.25, 0.3) is 0 Å². The summed E-state index contributed by atoms with van der Waals surface area (Å²) in [6, 6.07) is 0. The minimum Gasteiger partial charge on any atom is -0.333 e. The lowest BCUT2D eigenvalue weighted by Gasteiger charge is -2.19. The summed E-state index contributed by atoms with van der Waals surface area (Å²) < 4.78 is 0. The second kappa shape index (κ2) is 76.7. The number of nitrogens with two attached hydrogens (primary N) is 3. The van der Waals surface area contributed by atoms with Gasteiger partial charge < -0.3 is 27.4 Å². The quantitative estimate of drug-likeness (QED) is 0.133. The lowest BCUT2D eigenvalue weighted by atomic mass is 10.3. The maximum Gasteiger partial charge on any atom is 0.00286 e. The van der Waals surface area contributed by atoms with Crippen LogP contribution in [0.2, 0.25) is 0 Å². The van der Waals surface area contributed by atoms with Crippen LogP contribution >= 0.6 is 31.9 Å². The summed E-state index contributed by atoms with van der Waals surface area (Å²) in [6.07, 6.45) is 9.94. The summed E-state index contributed by atoms with van der Waals surface area (Å²) in [5, 5.41) is 5.55. The molecule has 0 aliphatic rings. The number of nitrogens with zero attached hydrogens (tertiary/aromatic N) is 1. The van der Waals surface area contributed by atoms with Crippen molar-refractivity contribution in [2.75, 3.05) is 64.0 Å². The third-order valence-electron chi connectivity index (χ3n) is 3.14. The first kappa shape index (κ1) is 50.6. The Bertz CT molecular complexity index is 170. The van der Waals surface area contributed by atoms with E-state index in [1.165, 1.54) is 91.8 Å². The minimum absolute atomic E-state index is 0.819. The van der Waals surface area contributed by atoms with E-state index in [1.807, 2.05) is 0 Å². The van der Waals surface area contributed by atoms with Crippen molar-refractivity contribution in [3.8, 4) is 0 Å². The zero-order valence-electron chi connectivity index (χ0n) is 24.7. The Morgan fingerprint density at radius 3 is 0.879 bits per heavy atom. The van der Waals surface area contributed by atoms with Crippen LogP contribution in [0.4, 0.5) is 0 Å². The molecule has 0 aliphatic carbocycles. The van der Waals surface area contributed by atoms with Gasteiger partial charge in [-0.25, -0.2) is 0 Å². The summed E-state index contributed by atoms with van der Waals surface area (Å²) in [6.45, 7) is 24.4. The first-order valence-corrected chi connectivity index (χ1v) is 15.7. The van der Waals surface area contributed by atoms with Crippen molar-refractivity contribution in [2.24, 2.45) is 17.2 Å². The summed E-state index contributed by atoms with van der Waals surface area (Å²) in [7, 11) is 3.00. The lowest BCUT2D eigenvalue weighted by Crippen LogP contribution is -2.25. The highest BCUT2D eigenvalue weighted by Gasteiger charge is 1.98. The minimum atomic E-state index is 0.819. The van der Waals surface area contributed by atoms with E-state index in [4.69, 9.17) is 5.73 Å². The average Bonchev–Trinajstić information content (AvgIpc) is 2.88.